The van der Waals surface area contributed by atoms with E-state index >= 15 is 0 Å². The lowest BCUT2D eigenvalue weighted by molar-refractivity contribution is -0.125. The van der Waals surface area contributed by atoms with Crippen LogP contribution >= 0.6 is 0 Å². The van der Waals surface area contributed by atoms with Gasteiger partial charge in [-0.05, 0) is 55.5 Å². The fourth-order valence-corrected chi connectivity index (χ4v) is 4.63. The summed E-state index contributed by atoms with van der Waals surface area (Å²) in [5.74, 6) is 0.353. The van der Waals surface area contributed by atoms with E-state index in [0.717, 1.165) is 62.9 Å². The van der Waals surface area contributed by atoms with Gasteiger partial charge in [-0.25, -0.2) is 0 Å². The quantitative estimate of drug-likeness (QED) is 0.729. The van der Waals surface area contributed by atoms with Crippen molar-refractivity contribution in [3.63, 3.8) is 0 Å². The van der Waals surface area contributed by atoms with E-state index in [4.69, 9.17) is 0 Å². The third kappa shape index (κ3) is 5.28. The predicted molar refractivity (Wildman–Crippen MR) is 119 cm³/mol. The summed E-state index contributed by atoms with van der Waals surface area (Å²) in [7, 11) is 0. The number of benzene rings is 2. The van der Waals surface area contributed by atoms with Gasteiger partial charge in [0.2, 0.25) is 11.8 Å². The summed E-state index contributed by atoms with van der Waals surface area (Å²) >= 11 is 0. The molecular formula is C25H31N3O2. The van der Waals surface area contributed by atoms with Crippen molar-refractivity contribution in [3.05, 3.63) is 65.7 Å². The summed E-state index contributed by atoms with van der Waals surface area (Å²) < 4.78 is 0. The highest BCUT2D eigenvalue weighted by molar-refractivity contribution is 5.92. The van der Waals surface area contributed by atoms with Gasteiger partial charge in [0, 0.05) is 24.7 Å². The van der Waals surface area contributed by atoms with Crippen molar-refractivity contribution in [1.82, 2.24) is 10.2 Å². The first-order valence-electron chi connectivity index (χ1n) is 11.1. The summed E-state index contributed by atoms with van der Waals surface area (Å²) in [5.41, 5.74) is 3.05. The maximum absolute atomic E-state index is 12.8. The summed E-state index contributed by atoms with van der Waals surface area (Å²) in [6, 6.07) is 18.0. The van der Waals surface area contributed by atoms with Crippen LogP contribution < -0.4 is 10.6 Å². The second kappa shape index (κ2) is 9.90. The maximum Gasteiger partial charge on any atom is 0.237 e. The Morgan fingerprint density at radius 1 is 0.867 bits per heavy atom. The molecule has 2 amide bonds. The number of rotatable bonds is 7. The van der Waals surface area contributed by atoms with Crippen LogP contribution in [0, 0.1) is 5.92 Å². The number of hydrogen-bond donors (Lipinski definition) is 2. The average Bonchev–Trinajstić information content (AvgIpc) is 3.45. The minimum absolute atomic E-state index is 0.0736. The lowest BCUT2D eigenvalue weighted by Gasteiger charge is -2.23. The van der Waals surface area contributed by atoms with E-state index in [0.29, 0.717) is 6.54 Å². The van der Waals surface area contributed by atoms with E-state index in [9.17, 15) is 9.59 Å². The van der Waals surface area contributed by atoms with Gasteiger partial charge in [0.1, 0.15) is 0 Å². The first kappa shape index (κ1) is 20.6. The van der Waals surface area contributed by atoms with Gasteiger partial charge >= 0.3 is 0 Å². The second-order valence-electron chi connectivity index (χ2n) is 8.50. The van der Waals surface area contributed by atoms with Crippen LogP contribution in [0.2, 0.25) is 0 Å². The maximum atomic E-state index is 12.8. The number of likely N-dealkylation sites (tertiary alicyclic amines) is 1. The van der Waals surface area contributed by atoms with E-state index < -0.39 is 0 Å². The largest absolute Gasteiger partial charge is 0.351 e. The number of carbonyl (C=O) groups is 2. The third-order valence-corrected chi connectivity index (χ3v) is 6.28. The smallest absolute Gasteiger partial charge is 0.237 e. The summed E-state index contributed by atoms with van der Waals surface area (Å²) in [5, 5.41) is 6.14. The Bertz CT molecular complexity index is 862. The molecule has 4 rings (SSSR count). The molecule has 5 nitrogen and oxygen atoms in total. The highest BCUT2D eigenvalue weighted by Gasteiger charge is 2.30. The van der Waals surface area contributed by atoms with Crippen molar-refractivity contribution < 1.29 is 9.59 Å². The van der Waals surface area contributed by atoms with Crippen LogP contribution in [0.15, 0.2) is 54.6 Å². The number of amides is 2. The Balaban J connectivity index is 1.30. The SMILES string of the molecule is O=C(Nc1cccc(CNC(=O)C2CCCN2Cc2ccccc2)c1)C1CCCC1. The Morgan fingerprint density at radius 3 is 2.43 bits per heavy atom. The molecule has 1 aliphatic carbocycles. The van der Waals surface area contributed by atoms with E-state index in [-0.39, 0.29) is 23.8 Å². The molecule has 2 N–H and O–H groups in total. The molecule has 30 heavy (non-hydrogen) atoms. The molecule has 1 aliphatic heterocycles. The molecule has 1 heterocycles. The van der Waals surface area contributed by atoms with Crippen molar-refractivity contribution in [3.8, 4) is 0 Å². The summed E-state index contributed by atoms with van der Waals surface area (Å²) in [4.78, 5) is 27.5. The van der Waals surface area contributed by atoms with Crippen LogP contribution in [0.4, 0.5) is 5.69 Å². The lowest BCUT2D eigenvalue weighted by atomic mass is 10.1. The molecule has 1 unspecified atom stereocenters. The fraction of sp³-hybridized carbons (Fsp3) is 0.440. The molecule has 1 atom stereocenters. The van der Waals surface area contributed by atoms with Crippen LogP contribution in [-0.2, 0) is 22.7 Å². The van der Waals surface area contributed by atoms with Crippen molar-refractivity contribution >= 4 is 17.5 Å². The van der Waals surface area contributed by atoms with Gasteiger partial charge in [0.05, 0.1) is 6.04 Å². The zero-order chi connectivity index (χ0) is 20.8. The summed E-state index contributed by atoms with van der Waals surface area (Å²) in [6.45, 7) is 2.24. The number of anilines is 1. The number of carbonyl (C=O) groups excluding carboxylic acids is 2. The normalized spacial score (nSPS) is 19.7. The van der Waals surface area contributed by atoms with Crippen molar-refractivity contribution in [2.75, 3.05) is 11.9 Å². The molecule has 2 fully saturated rings. The fourth-order valence-electron chi connectivity index (χ4n) is 4.63. The van der Waals surface area contributed by atoms with E-state index in [1.807, 2.05) is 42.5 Å². The topological polar surface area (TPSA) is 61.4 Å². The molecule has 0 aromatic heterocycles. The molecule has 2 aliphatic rings. The van der Waals surface area contributed by atoms with Gasteiger partial charge in [-0.3, -0.25) is 14.5 Å². The number of nitrogens with one attached hydrogen (secondary N) is 2. The van der Waals surface area contributed by atoms with Crippen LogP contribution in [0.25, 0.3) is 0 Å². The molecule has 158 valence electrons. The van der Waals surface area contributed by atoms with Crippen LogP contribution in [-0.4, -0.2) is 29.3 Å². The molecule has 1 saturated carbocycles. The van der Waals surface area contributed by atoms with Gasteiger partial charge in [0.25, 0.3) is 0 Å². The first-order valence-corrected chi connectivity index (χ1v) is 11.1. The lowest BCUT2D eigenvalue weighted by Crippen LogP contribution is -2.42. The van der Waals surface area contributed by atoms with E-state index in [1.54, 1.807) is 0 Å². The number of nitrogens with zero attached hydrogens (tertiary/aromatic N) is 1. The van der Waals surface area contributed by atoms with Crippen molar-refractivity contribution in [2.24, 2.45) is 5.92 Å². The Kier molecular flexibility index (Phi) is 6.80. The van der Waals surface area contributed by atoms with E-state index in [2.05, 4.69) is 27.7 Å². The van der Waals surface area contributed by atoms with Crippen LogP contribution in [0.5, 0.6) is 0 Å². The standard InChI is InChI=1S/C25H31N3O2/c29-24(21-11-4-5-12-21)27-22-13-6-10-20(16-22)17-26-25(30)23-14-7-15-28(23)18-19-8-2-1-3-9-19/h1-3,6,8-10,13,16,21,23H,4-5,7,11-12,14-15,17-18H2,(H,26,30)(H,27,29). The molecule has 1 saturated heterocycles. The Labute approximate surface area is 178 Å². The minimum Gasteiger partial charge on any atom is -0.351 e. The third-order valence-electron chi connectivity index (χ3n) is 6.28. The highest BCUT2D eigenvalue weighted by Crippen LogP contribution is 2.26. The number of hydrogen-bond acceptors (Lipinski definition) is 3. The molecule has 0 radical (unpaired) electrons. The first-order chi connectivity index (χ1) is 14.7. The monoisotopic (exact) mass is 405 g/mol. The molecular weight excluding hydrogens is 374 g/mol. The van der Waals surface area contributed by atoms with Gasteiger partial charge in [-0.1, -0.05) is 55.3 Å². The van der Waals surface area contributed by atoms with Crippen LogP contribution in [0.3, 0.4) is 0 Å². The Morgan fingerprint density at radius 2 is 1.63 bits per heavy atom. The zero-order valence-corrected chi connectivity index (χ0v) is 17.5. The van der Waals surface area contributed by atoms with Gasteiger partial charge in [-0.2, -0.15) is 0 Å². The van der Waals surface area contributed by atoms with Crippen molar-refractivity contribution in [2.45, 2.75) is 57.7 Å². The predicted octanol–water partition coefficient (Wildman–Crippen LogP) is 4.10. The molecule has 2 aromatic rings. The second-order valence-corrected chi connectivity index (χ2v) is 8.50. The van der Waals surface area contributed by atoms with Gasteiger partial charge < -0.3 is 10.6 Å². The van der Waals surface area contributed by atoms with Gasteiger partial charge in [0.15, 0.2) is 0 Å². The molecule has 0 spiro atoms. The minimum atomic E-state index is -0.0736. The average molecular weight is 406 g/mol. The zero-order valence-electron chi connectivity index (χ0n) is 17.5. The van der Waals surface area contributed by atoms with E-state index in [1.165, 1.54) is 5.56 Å². The summed E-state index contributed by atoms with van der Waals surface area (Å²) in [6.07, 6.45) is 6.22. The Hall–Kier alpha value is -2.66. The van der Waals surface area contributed by atoms with Gasteiger partial charge in [-0.15, -0.1) is 0 Å². The highest BCUT2D eigenvalue weighted by atomic mass is 16.2. The van der Waals surface area contributed by atoms with Crippen LogP contribution in [0.1, 0.15) is 49.7 Å². The molecule has 5 heteroatoms. The molecule has 0 bridgehead atoms. The molecule has 2 aromatic carbocycles. The van der Waals surface area contributed by atoms with Crippen molar-refractivity contribution in [1.29, 1.82) is 0 Å².